The van der Waals surface area contributed by atoms with Crippen molar-refractivity contribution in [1.82, 2.24) is 21.3 Å². The fourth-order valence-corrected chi connectivity index (χ4v) is 5.59. The Balaban J connectivity index is 0.000000821. The molecule has 15 heteroatoms. The third-order valence-corrected chi connectivity index (χ3v) is 7.83. The van der Waals surface area contributed by atoms with Crippen LogP contribution < -0.4 is 32.1 Å². The van der Waals surface area contributed by atoms with Crippen molar-refractivity contribution in [3.8, 4) is 0 Å². The Morgan fingerprint density at radius 3 is 2.28 bits per heavy atom. The number of carbonyl (C=O) groups excluding carboxylic acids is 5. The number of aliphatic carboxylic acids is 1. The lowest BCUT2D eigenvalue weighted by Crippen LogP contribution is -2.45. The van der Waals surface area contributed by atoms with Crippen LogP contribution in [0.5, 0.6) is 0 Å². The Bertz CT molecular complexity index is 1150. The minimum absolute atomic E-state index is 0.0595. The monoisotopic (exact) mass is 631 g/mol. The van der Waals surface area contributed by atoms with Crippen molar-refractivity contribution in [2.75, 3.05) is 32.1 Å². The topological polar surface area (TPSA) is 183 Å². The van der Waals surface area contributed by atoms with Gasteiger partial charge in [0.25, 0.3) is 5.91 Å². The molecule has 4 bridgehead atoms. The van der Waals surface area contributed by atoms with Crippen LogP contribution in [-0.4, -0.2) is 85.9 Å². The molecular formula is C28H40F3N5O6S. The number of rotatable bonds is 2. The van der Waals surface area contributed by atoms with E-state index in [1.54, 1.807) is 0 Å². The van der Waals surface area contributed by atoms with Crippen molar-refractivity contribution in [3.63, 3.8) is 0 Å². The molecule has 240 valence electrons. The van der Waals surface area contributed by atoms with E-state index in [0.717, 1.165) is 49.0 Å². The zero-order valence-corrected chi connectivity index (χ0v) is 25.1. The van der Waals surface area contributed by atoms with Gasteiger partial charge in [0.1, 0.15) is 11.7 Å². The first-order chi connectivity index (χ1) is 20.2. The van der Waals surface area contributed by atoms with E-state index in [1.807, 2.05) is 12.1 Å². The summed E-state index contributed by atoms with van der Waals surface area (Å²) in [6.45, 7) is 0.0984. The van der Waals surface area contributed by atoms with Crippen LogP contribution in [0.25, 0.3) is 0 Å². The van der Waals surface area contributed by atoms with E-state index in [0.29, 0.717) is 24.9 Å². The van der Waals surface area contributed by atoms with Gasteiger partial charge >= 0.3 is 6.18 Å². The maximum Gasteiger partial charge on any atom is 0.430 e. The van der Waals surface area contributed by atoms with Crippen LogP contribution in [0.15, 0.2) is 18.2 Å². The van der Waals surface area contributed by atoms with Gasteiger partial charge in [-0.1, -0.05) is 12.1 Å². The van der Waals surface area contributed by atoms with Crippen molar-refractivity contribution in [2.24, 2.45) is 5.73 Å². The first-order valence-electron chi connectivity index (χ1n) is 14.0. The molecule has 3 atom stereocenters. The zero-order chi connectivity index (χ0) is 32.2. The van der Waals surface area contributed by atoms with E-state index in [1.165, 1.54) is 0 Å². The standard InChI is InChI=1S/C26H39N5O4S.C2HF3O2/c1-36(2)16-18-8-6-17-7-9-19-10-11-22(31-19)25(34)21(27)5-3-4-12-28-23(32)14-29-24(33)15-30-26(35)20(18)13-17;3-2(4,5)1(6)7/h6,8,13,19,21-22,31H,3-5,7,9-12,14-16,27H2,1-2H3,(H2-,28,29,30,32,33,35);(H,6,7)/t19-,21?,22?;/m1./s1. The largest absolute Gasteiger partial charge is 0.542 e. The minimum Gasteiger partial charge on any atom is -0.542 e. The number of benzene rings is 1. The molecule has 6 N–H and O–H groups in total. The van der Waals surface area contributed by atoms with Gasteiger partial charge < -0.3 is 36.9 Å². The number of fused-ring (bicyclic) bond motifs is 4. The number of halogens is 3. The summed E-state index contributed by atoms with van der Waals surface area (Å²) in [5, 5.41) is 20.2. The first kappa shape index (κ1) is 36.0. The SMILES string of the molecule is C[S+](C)Cc1ccc2cc1C(=O)NCC(=O)NCC(=O)NCCCCC(N)C(=O)C1CC[C@@H](CC2)N1.O=C([O-])C(F)(F)F. The second-order valence-corrected chi connectivity index (χ2v) is 13.0. The molecule has 3 rings (SSSR count). The third kappa shape index (κ3) is 12.9. The molecule has 43 heavy (non-hydrogen) atoms. The second kappa shape index (κ2) is 17.2. The number of nitrogens with two attached hydrogens (primary N) is 1. The predicted octanol–water partition coefficient (Wildman–Crippen LogP) is -0.541. The van der Waals surface area contributed by atoms with E-state index in [2.05, 4.69) is 39.8 Å². The minimum atomic E-state index is -5.19. The van der Waals surface area contributed by atoms with Gasteiger partial charge in [-0.2, -0.15) is 13.2 Å². The van der Waals surface area contributed by atoms with Crippen LogP contribution in [0.4, 0.5) is 13.2 Å². The molecule has 2 aliphatic rings. The average molecular weight is 632 g/mol. The van der Waals surface area contributed by atoms with E-state index in [4.69, 9.17) is 15.6 Å². The Morgan fingerprint density at radius 1 is 0.977 bits per heavy atom. The van der Waals surface area contributed by atoms with Gasteiger partial charge in [-0.3, -0.25) is 19.2 Å². The molecule has 11 nitrogen and oxygen atoms in total. The summed E-state index contributed by atoms with van der Waals surface area (Å²) < 4.78 is 31.5. The normalized spacial score (nSPS) is 23.1. The van der Waals surface area contributed by atoms with E-state index in [-0.39, 0.29) is 53.7 Å². The quantitative estimate of drug-likeness (QED) is 0.270. The molecule has 0 radical (unpaired) electrons. The molecule has 1 fully saturated rings. The Hall–Kier alpha value is -3.17. The summed E-state index contributed by atoms with van der Waals surface area (Å²) in [7, 11) is 0.107. The molecule has 2 aliphatic heterocycles. The van der Waals surface area contributed by atoms with Crippen LogP contribution in [-0.2, 0) is 42.2 Å². The smallest absolute Gasteiger partial charge is 0.430 e. The summed E-state index contributed by atoms with van der Waals surface area (Å²) in [5.41, 5.74) is 8.76. The van der Waals surface area contributed by atoms with E-state index >= 15 is 0 Å². The maximum atomic E-state index is 13.0. The number of ketones is 1. The van der Waals surface area contributed by atoms with Gasteiger partial charge in [-0.15, -0.1) is 0 Å². The number of alkyl halides is 3. The molecule has 0 saturated carbocycles. The molecule has 0 spiro atoms. The van der Waals surface area contributed by atoms with Gasteiger partial charge in [0.2, 0.25) is 11.8 Å². The molecule has 0 aromatic heterocycles. The maximum absolute atomic E-state index is 13.0. The number of hydrogen-bond acceptors (Lipinski definition) is 8. The molecule has 2 heterocycles. The number of carbonyl (C=O) groups is 5. The first-order valence-corrected chi connectivity index (χ1v) is 16.2. The fraction of sp³-hybridized carbons (Fsp3) is 0.607. The number of Topliss-reactive ketones (excluding diaryl/α,β-unsaturated/α-hetero) is 1. The summed E-state index contributed by atoms with van der Waals surface area (Å²) >= 11 is 0. The van der Waals surface area contributed by atoms with Crippen molar-refractivity contribution in [2.45, 2.75) is 75.0 Å². The van der Waals surface area contributed by atoms with Gasteiger partial charge in [0, 0.05) is 23.7 Å². The number of amides is 3. The van der Waals surface area contributed by atoms with Gasteiger partial charge in [-0.05, 0) is 67.5 Å². The van der Waals surface area contributed by atoms with Crippen LogP contribution in [0.3, 0.4) is 0 Å². The highest BCUT2D eigenvalue weighted by atomic mass is 32.2. The summed E-state index contributed by atoms with van der Waals surface area (Å²) in [6.07, 6.45) is 4.44. The number of hydrogen-bond donors (Lipinski definition) is 5. The highest BCUT2D eigenvalue weighted by Gasteiger charge is 2.31. The highest BCUT2D eigenvalue weighted by molar-refractivity contribution is 7.94. The summed E-state index contributed by atoms with van der Waals surface area (Å²) in [6, 6.07) is 5.51. The molecule has 1 saturated heterocycles. The summed E-state index contributed by atoms with van der Waals surface area (Å²) in [4.78, 5) is 58.8. The van der Waals surface area contributed by atoms with E-state index in [9.17, 15) is 32.3 Å². The number of aryl methyl sites for hydroxylation is 1. The zero-order valence-electron chi connectivity index (χ0n) is 24.3. The number of carboxylic acid groups (broad SMARTS) is 1. The average Bonchev–Trinajstić information content (AvgIpc) is 3.41. The van der Waals surface area contributed by atoms with Crippen molar-refractivity contribution < 1.29 is 42.3 Å². The molecule has 3 amide bonds. The molecular weight excluding hydrogens is 591 g/mol. The molecule has 1 aromatic rings. The number of nitrogens with one attached hydrogen (secondary N) is 4. The molecule has 2 unspecified atom stereocenters. The molecule has 1 aromatic carbocycles. The summed E-state index contributed by atoms with van der Waals surface area (Å²) in [5.74, 6) is -3.18. The Kier molecular flexibility index (Phi) is 14.4. The third-order valence-electron chi connectivity index (χ3n) is 6.95. The van der Waals surface area contributed by atoms with Gasteiger partial charge in [-0.25, -0.2) is 0 Å². The van der Waals surface area contributed by atoms with Crippen LogP contribution in [0, 0.1) is 0 Å². The lowest BCUT2D eigenvalue weighted by atomic mass is 9.98. The highest BCUT2D eigenvalue weighted by Crippen LogP contribution is 2.21. The Morgan fingerprint density at radius 2 is 1.63 bits per heavy atom. The van der Waals surface area contributed by atoms with Crippen LogP contribution in [0.1, 0.15) is 60.0 Å². The predicted molar refractivity (Wildman–Crippen MR) is 154 cm³/mol. The fourth-order valence-electron chi connectivity index (χ4n) is 4.72. The second-order valence-electron chi connectivity index (χ2n) is 10.8. The van der Waals surface area contributed by atoms with Gasteiger partial charge in [0.15, 0.2) is 5.78 Å². The van der Waals surface area contributed by atoms with Gasteiger partial charge in [0.05, 0.1) is 37.7 Å². The lowest BCUT2D eigenvalue weighted by Gasteiger charge is -2.18. The number of carboxylic acids is 1. The van der Waals surface area contributed by atoms with Crippen molar-refractivity contribution >= 4 is 40.4 Å². The van der Waals surface area contributed by atoms with Crippen LogP contribution in [0.2, 0.25) is 0 Å². The van der Waals surface area contributed by atoms with Crippen LogP contribution >= 0.6 is 0 Å². The van der Waals surface area contributed by atoms with Crippen molar-refractivity contribution in [1.29, 1.82) is 0 Å². The Labute approximate surface area is 251 Å². The molecule has 0 aliphatic carbocycles. The van der Waals surface area contributed by atoms with E-state index < -0.39 is 24.1 Å². The lowest BCUT2D eigenvalue weighted by molar-refractivity contribution is -0.344. The van der Waals surface area contributed by atoms with Crippen molar-refractivity contribution in [3.05, 3.63) is 34.9 Å².